The molecular formula is C14H19N5O2. The standard InChI is InChI=1S/C14H19N5O2/c1-3-5-11-6-10(7-12(18-11)15-4-2)14(20)16-8-13-17-9-21-19-13/h6-7,9H,3-5,8H2,1-2H3,(H,15,18)(H,16,20). The number of rotatable bonds is 7. The van der Waals surface area contributed by atoms with E-state index >= 15 is 0 Å². The number of nitrogens with one attached hydrogen (secondary N) is 2. The van der Waals surface area contributed by atoms with E-state index in [4.69, 9.17) is 0 Å². The van der Waals surface area contributed by atoms with Crippen LogP contribution >= 0.6 is 0 Å². The highest BCUT2D eigenvalue weighted by molar-refractivity contribution is 5.94. The lowest BCUT2D eigenvalue weighted by molar-refractivity contribution is 0.0949. The van der Waals surface area contributed by atoms with Gasteiger partial charge < -0.3 is 15.2 Å². The van der Waals surface area contributed by atoms with Gasteiger partial charge in [-0.2, -0.15) is 4.98 Å². The largest absolute Gasteiger partial charge is 0.370 e. The molecule has 2 aromatic heterocycles. The Morgan fingerprint density at radius 3 is 2.86 bits per heavy atom. The second-order valence-corrected chi connectivity index (χ2v) is 4.54. The maximum absolute atomic E-state index is 12.2. The molecule has 2 aromatic rings. The quantitative estimate of drug-likeness (QED) is 0.807. The van der Waals surface area contributed by atoms with Gasteiger partial charge in [-0.1, -0.05) is 18.5 Å². The highest BCUT2D eigenvalue weighted by Gasteiger charge is 2.10. The molecule has 21 heavy (non-hydrogen) atoms. The van der Waals surface area contributed by atoms with Crippen molar-refractivity contribution in [2.45, 2.75) is 33.2 Å². The van der Waals surface area contributed by atoms with Gasteiger partial charge in [0.1, 0.15) is 5.82 Å². The first-order valence-electron chi connectivity index (χ1n) is 7.01. The Labute approximate surface area is 123 Å². The van der Waals surface area contributed by atoms with Crippen molar-refractivity contribution in [2.24, 2.45) is 0 Å². The number of carbonyl (C=O) groups excluding carboxylic acids is 1. The molecular weight excluding hydrogens is 270 g/mol. The summed E-state index contributed by atoms with van der Waals surface area (Å²) in [4.78, 5) is 20.5. The molecule has 2 N–H and O–H groups in total. The van der Waals surface area contributed by atoms with E-state index in [0.717, 1.165) is 25.1 Å². The van der Waals surface area contributed by atoms with E-state index in [1.807, 2.05) is 13.0 Å². The van der Waals surface area contributed by atoms with Crippen molar-refractivity contribution in [3.63, 3.8) is 0 Å². The van der Waals surface area contributed by atoms with Crippen molar-refractivity contribution in [3.05, 3.63) is 35.6 Å². The molecule has 2 rings (SSSR count). The Hall–Kier alpha value is -2.44. The number of hydrogen-bond donors (Lipinski definition) is 2. The van der Waals surface area contributed by atoms with E-state index in [9.17, 15) is 4.79 Å². The molecule has 0 aliphatic carbocycles. The molecule has 2 heterocycles. The van der Waals surface area contributed by atoms with E-state index in [-0.39, 0.29) is 12.5 Å². The van der Waals surface area contributed by atoms with Crippen LogP contribution in [-0.4, -0.2) is 27.6 Å². The average molecular weight is 289 g/mol. The van der Waals surface area contributed by atoms with Gasteiger partial charge in [0, 0.05) is 17.8 Å². The molecule has 1 amide bonds. The van der Waals surface area contributed by atoms with E-state index in [1.54, 1.807) is 6.07 Å². The van der Waals surface area contributed by atoms with Crippen LogP contribution < -0.4 is 10.6 Å². The number of pyridine rings is 1. The predicted octanol–water partition coefficient (Wildman–Crippen LogP) is 1.78. The topological polar surface area (TPSA) is 92.9 Å². The van der Waals surface area contributed by atoms with Crippen LogP contribution in [0.15, 0.2) is 23.0 Å². The zero-order chi connectivity index (χ0) is 15.1. The third kappa shape index (κ3) is 4.27. The summed E-state index contributed by atoms with van der Waals surface area (Å²) < 4.78 is 4.62. The molecule has 0 atom stereocenters. The van der Waals surface area contributed by atoms with E-state index in [2.05, 4.69) is 37.2 Å². The van der Waals surface area contributed by atoms with Gasteiger partial charge in [-0.15, -0.1) is 0 Å². The van der Waals surface area contributed by atoms with E-state index in [0.29, 0.717) is 17.2 Å². The van der Waals surface area contributed by atoms with Crippen molar-refractivity contribution in [3.8, 4) is 0 Å². The Morgan fingerprint density at radius 1 is 1.33 bits per heavy atom. The van der Waals surface area contributed by atoms with Gasteiger partial charge in [-0.05, 0) is 25.5 Å². The molecule has 7 heteroatoms. The first-order chi connectivity index (χ1) is 10.2. The zero-order valence-corrected chi connectivity index (χ0v) is 12.2. The molecule has 7 nitrogen and oxygen atoms in total. The minimum Gasteiger partial charge on any atom is -0.370 e. The van der Waals surface area contributed by atoms with Gasteiger partial charge in [-0.3, -0.25) is 4.79 Å². The Kier molecular flexibility index (Phi) is 5.25. The summed E-state index contributed by atoms with van der Waals surface area (Å²) in [7, 11) is 0. The van der Waals surface area contributed by atoms with Crippen LogP contribution in [-0.2, 0) is 13.0 Å². The molecule has 0 aliphatic heterocycles. The summed E-state index contributed by atoms with van der Waals surface area (Å²) in [5.41, 5.74) is 1.48. The van der Waals surface area contributed by atoms with Crippen LogP contribution in [0.1, 0.15) is 42.1 Å². The zero-order valence-electron chi connectivity index (χ0n) is 12.2. The van der Waals surface area contributed by atoms with Gasteiger partial charge in [0.25, 0.3) is 5.91 Å². The fourth-order valence-corrected chi connectivity index (χ4v) is 1.91. The van der Waals surface area contributed by atoms with Crippen LogP contribution in [0.4, 0.5) is 5.82 Å². The summed E-state index contributed by atoms with van der Waals surface area (Å²) in [5.74, 6) is 0.977. The average Bonchev–Trinajstić information content (AvgIpc) is 2.98. The van der Waals surface area contributed by atoms with Crippen LogP contribution in [0.5, 0.6) is 0 Å². The minimum absolute atomic E-state index is 0.182. The summed E-state index contributed by atoms with van der Waals surface area (Å²) in [6, 6.07) is 3.56. The number of hydrogen-bond acceptors (Lipinski definition) is 6. The SMILES string of the molecule is CCCc1cc(C(=O)NCc2ncon2)cc(NCC)n1. The summed E-state index contributed by atoms with van der Waals surface area (Å²) >= 11 is 0. The predicted molar refractivity (Wildman–Crippen MR) is 77.9 cm³/mol. The number of anilines is 1. The number of aromatic nitrogens is 3. The molecule has 0 radical (unpaired) electrons. The third-order valence-electron chi connectivity index (χ3n) is 2.82. The van der Waals surface area contributed by atoms with E-state index < -0.39 is 0 Å². The van der Waals surface area contributed by atoms with Crippen molar-refractivity contribution >= 4 is 11.7 Å². The van der Waals surface area contributed by atoms with Gasteiger partial charge in [0.15, 0.2) is 5.82 Å². The number of amides is 1. The van der Waals surface area contributed by atoms with Gasteiger partial charge in [0.2, 0.25) is 6.39 Å². The summed E-state index contributed by atoms with van der Waals surface area (Å²) in [6.07, 6.45) is 3.05. The second kappa shape index (κ2) is 7.37. The first-order valence-corrected chi connectivity index (χ1v) is 7.01. The Bertz CT molecular complexity index is 559. The fourth-order valence-electron chi connectivity index (χ4n) is 1.91. The molecule has 0 bridgehead atoms. The molecule has 0 spiro atoms. The lowest BCUT2D eigenvalue weighted by Gasteiger charge is -2.09. The monoisotopic (exact) mass is 289 g/mol. The van der Waals surface area contributed by atoms with Crippen molar-refractivity contribution in [2.75, 3.05) is 11.9 Å². The van der Waals surface area contributed by atoms with Gasteiger partial charge >= 0.3 is 0 Å². The molecule has 0 unspecified atom stereocenters. The van der Waals surface area contributed by atoms with Gasteiger partial charge in [-0.25, -0.2) is 4.98 Å². The summed E-state index contributed by atoms with van der Waals surface area (Å²) in [6.45, 7) is 5.06. The number of carbonyl (C=O) groups is 1. The highest BCUT2D eigenvalue weighted by Crippen LogP contribution is 2.12. The third-order valence-corrected chi connectivity index (χ3v) is 2.82. The normalized spacial score (nSPS) is 10.4. The molecule has 112 valence electrons. The number of aryl methyl sites for hydroxylation is 1. The molecule has 0 saturated heterocycles. The van der Waals surface area contributed by atoms with Crippen LogP contribution in [0.25, 0.3) is 0 Å². The maximum Gasteiger partial charge on any atom is 0.251 e. The highest BCUT2D eigenvalue weighted by atomic mass is 16.5. The minimum atomic E-state index is -0.182. The van der Waals surface area contributed by atoms with Crippen molar-refractivity contribution in [1.29, 1.82) is 0 Å². The second-order valence-electron chi connectivity index (χ2n) is 4.54. The Balaban J connectivity index is 2.10. The number of nitrogens with zero attached hydrogens (tertiary/aromatic N) is 3. The lowest BCUT2D eigenvalue weighted by atomic mass is 10.1. The fraction of sp³-hybridized carbons (Fsp3) is 0.429. The first kappa shape index (κ1) is 15.0. The Morgan fingerprint density at radius 2 is 2.19 bits per heavy atom. The molecule has 0 fully saturated rings. The van der Waals surface area contributed by atoms with Crippen LogP contribution in [0, 0.1) is 0 Å². The molecule has 0 aliphatic rings. The summed E-state index contributed by atoms with van der Waals surface area (Å²) in [5, 5.41) is 9.55. The molecule has 0 aromatic carbocycles. The molecule has 0 saturated carbocycles. The van der Waals surface area contributed by atoms with Crippen molar-refractivity contribution < 1.29 is 9.32 Å². The van der Waals surface area contributed by atoms with Crippen LogP contribution in [0.2, 0.25) is 0 Å². The maximum atomic E-state index is 12.2. The smallest absolute Gasteiger partial charge is 0.251 e. The van der Waals surface area contributed by atoms with Gasteiger partial charge in [0.05, 0.1) is 6.54 Å². The lowest BCUT2D eigenvalue weighted by Crippen LogP contribution is -2.24. The van der Waals surface area contributed by atoms with Crippen molar-refractivity contribution in [1.82, 2.24) is 20.4 Å². The van der Waals surface area contributed by atoms with E-state index in [1.165, 1.54) is 6.39 Å². The van der Waals surface area contributed by atoms with Crippen LogP contribution in [0.3, 0.4) is 0 Å².